The lowest BCUT2D eigenvalue weighted by atomic mass is 9.95. The number of fused-ring (bicyclic) bond motifs is 1. The molecule has 2 aromatic carbocycles. The lowest BCUT2D eigenvalue weighted by Gasteiger charge is -2.18. The maximum Gasteiger partial charge on any atom is 0.339 e. The Bertz CT molecular complexity index is 1020. The summed E-state index contributed by atoms with van der Waals surface area (Å²) in [7, 11) is 0. The molecular formula is C21H19BrN2O5. The summed E-state index contributed by atoms with van der Waals surface area (Å²) in [6, 6.07) is 10.0. The van der Waals surface area contributed by atoms with E-state index in [4.69, 9.17) is 4.74 Å². The van der Waals surface area contributed by atoms with Crippen LogP contribution in [0.5, 0.6) is 5.75 Å². The Morgan fingerprint density at radius 2 is 1.97 bits per heavy atom. The van der Waals surface area contributed by atoms with E-state index in [0.717, 1.165) is 10.9 Å². The SMILES string of the molecule is CCCOc1ccc(CNC=C2C(=O)NC(=O)c3ccc(Br)cc32)cc1C(=O)O. The molecule has 0 spiro atoms. The van der Waals surface area contributed by atoms with Gasteiger partial charge in [0.1, 0.15) is 11.3 Å². The molecule has 1 heterocycles. The third-order valence-corrected chi connectivity index (χ3v) is 4.77. The molecule has 2 aromatic rings. The fraction of sp³-hybridized carbons (Fsp3) is 0.190. The van der Waals surface area contributed by atoms with E-state index >= 15 is 0 Å². The number of carboxylic acids is 1. The third-order valence-electron chi connectivity index (χ3n) is 4.28. The Balaban J connectivity index is 1.81. The van der Waals surface area contributed by atoms with E-state index < -0.39 is 17.8 Å². The van der Waals surface area contributed by atoms with Crippen LogP contribution in [0.1, 0.15) is 45.2 Å². The normalized spacial score (nSPS) is 14.3. The second kappa shape index (κ2) is 8.91. The fourth-order valence-corrected chi connectivity index (χ4v) is 3.26. The molecule has 29 heavy (non-hydrogen) atoms. The van der Waals surface area contributed by atoms with Crippen LogP contribution in [-0.4, -0.2) is 29.5 Å². The molecule has 0 saturated carbocycles. The maximum atomic E-state index is 12.3. The zero-order valence-corrected chi connectivity index (χ0v) is 17.2. The molecule has 8 heteroatoms. The minimum absolute atomic E-state index is 0.0840. The Hall–Kier alpha value is -3.13. The number of aromatic carboxylic acids is 1. The molecule has 1 aliphatic heterocycles. The first-order valence-corrected chi connectivity index (χ1v) is 9.78. The van der Waals surface area contributed by atoms with Crippen molar-refractivity contribution < 1.29 is 24.2 Å². The van der Waals surface area contributed by atoms with Crippen LogP contribution in [0.25, 0.3) is 5.57 Å². The Labute approximate surface area is 175 Å². The summed E-state index contributed by atoms with van der Waals surface area (Å²) in [4.78, 5) is 35.8. The van der Waals surface area contributed by atoms with Crippen LogP contribution >= 0.6 is 15.9 Å². The van der Waals surface area contributed by atoms with E-state index in [2.05, 4.69) is 26.6 Å². The Morgan fingerprint density at radius 3 is 2.69 bits per heavy atom. The van der Waals surface area contributed by atoms with Gasteiger partial charge in [-0.25, -0.2) is 4.79 Å². The van der Waals surface area contributed by atoms with Gasteiger partial charge < -0.3 is 15.2 Å². The monoisotopic (exact) mass is 458 g/mol. The van der Waals surface area contributed by atoms with E-state index in [1.54, 1.807) is 30.3 Å². The van der Waals surface area contributed by atoms with Crippen LogP contribution in [0.15, 0.2) is 47.1 Å². The van der Waals surface area contributed by atoms with E-state index in [1.807, 2.05) is 6.92 Å². The Kier molecular flexibility index (Phi) is 6.33. The molecule has 3 N–H and O–H groups in total. The van der Waals surface area contributed by atoms with E-state index in [-0.39, 0.29) is 5.56 Å². The van der Waals surface area contributed by atoms with Crippen molar-refractivity contribution in [3.8, 4) is 5.75 Å². The largest absolute Gasteiger partial charge is 0.493 e. The van der Waals surface area contributed by atoms with E-state index in [1.165, 1.54) is 12.3 Å². The zero-order valence-electron chi connectivity index (χ0n) is 15.6. The number of nitrogens with one attached hydrogen (secondary N) is 2. The van der Waals surface area contributed by atoms with Gasteiger partial charge >= 0.3 is 5.97 Å². The number of hydrogen-bond donors (Lipinski definition) is 3. The van der Waals surface area contributed by atoms with Crippen molar-refractivity contribution in [1.29, 1.82) is 0 Å². The molecule has 7 nitrogen and oxygen atoms in total. The van der Waals surface area contributed by atoms with Gasteiger partial charge in [0.25, 0.3) is 11.8 Å². The highest BCUT2D eigenvalue weighted by Gasteiger charge is 2.27. The van der Waals surface area contributed by atoms with E-state index in [0.29, 0.717) is 41.2 Å². The number of halogens is 1. The van der Waals surface area contributed by atoms with Gasteiger partial charge in [-0.15, -0.1) is 0 Å². The molecule has 0 unspecified atom stereocenters. The second-order valence-corrected chi connectivity index (χ2v) is 7.31. The minimum atomic E-state index is -1.07. The topological polar surface area (TPSA) is 105 Å². The van der Waals surface area contributed by atoms with Gasteiger partial charge in [0.05, 0.1) is 12.2 Å². The first-order chi connectivity index (χ1) is 13.9. The summed E-state index contributed by atoms with van der Waals surface area (Å²) in [5.74, 6) is -1.68. The zero-order chi connectivity index (χ0) is 21.0. The van der Waals surface area contributed by atoms with Gasteiger partial charge in [-0.3, -0.25) is 14.9 Å². The number of benzene rings is 2. The van der Waals surface area contributed by atoms with Gasteiger partial charge in [-0.2, -0.15) is 0 Å². The summed E-state index contributed by atoms with van der Waals surface area (Å²) in [6.07, 6.45) is 2.30. The van der Waals surface area contributed by atoms with Crippen LogP contribution in [-0.2, 0) is 11.3 Å². The van der Waals surface area contributed by atoms with Crippen molar-refractivity contribution >= 4 is 39.3 Å². The number of amides is 2. The molecule has 0 radical (unpaired) electrons. The van der Waals surface area contributed by atoms with Gasteiger partial charge in [0.15, 0.2) is 0 Å². The Morgan fingerprint density at radius 1 is 1.17 bits per heavy atom. The molecule has 0 fully saturated rings. The van der Waals surface area contributed by atoms with Crippen molar-refractivity contribution in [3.63, 3.8) is 0 Å². The van der Waals surface area contributed by atoms with Crippen molar-refractivity contribution in [2.45, 2.75) is 19.9 Å². The molecule has 150 valence electrons. The predicted octanol–water partition coefficient (Wildman–Crippen LogP) is 3.34. The molecule has 0 aromatic heterocycles. The average Bonchev–Trinajstić information content (AvgIpc) is 2.68. The van der Waals surface area contributed by atoms with E-state index in [9.17, 15) is 19.5 Å². The number of carbonyl (C=O) groups is 3. The quantitative estimate of drug-likeness (QED) is 0.434. The molecular weight excluding hydrogens is 440 g/mol. The van der Waals surface area contributed by atoms with Crippen molar-refractivity contribution in [1.82, 2.24) is 10.6 Å². The number of imide groups is 1. The maximum absolute atomic E-state index is 12.3. The molecule has 0 saturated heterocycles. The van der Waals surface area contributed by atoms with Crippen LogP contribution in [0.4, 0.5) is 0 Å². The molecule has 2 amide bonds. The summed E-state index contributed by atoms with van der Waals surface area (Å²) < 4.78 is 6.22. The third kappa shape index (κ3) is 4.65. The molecule has 0 aliphatic carbocycles. The smallest absolute Gasteiger partial charge is 0.339 e. The number of carbonyl (C=O) groups excluding carboxylic acids is 2. The highest BCUT2D eigenvalue weighted by Crippen LogP contribution is 2.27. The molecule has 1 aliphatic rings. The van der Waals surface area contributed by atoms with Crippen molar-refractivity contribution in [2.24, 2.45) is 0 Å². The van der Waals surface area contributed by atoms with Gasteiger partial charge in [0.2, 0.25) is 0 Å². The first-order valence-electron chi connectivity index (χ1n) is 8.99. The summed E-state index contributed by atoms with van der Waals surface area (Å²) in [5, 5.41) is 14.7. The highest BCUT2D eigenvalue weighted by atomic mass is 79.9. The lowest BCUT2D eigenvalue weighted by Crippen LogP contribution is -2.37. The van der Waals surface area contributed by atoms with Gasteiger partial charge in [0, 0.05) is 28.3 Å². The van der Waals surface area contributed by atoms with Gasteiger partial charge in [-0.05, 0) is 42.3 Å². The number of hydrogen-bond acceptors (Lipinski definition) is 5. The van der Waals surface area contributed by atoms with Crippen molar-refractivity contribution in [2.75, 3.05) is 6.61 Å². The number of ether oxygens (including phenoxy) is 1. The second-order valence-electron chi connectivity index (χ2n) is 6.40. The first kappa shape index (κ1) is 20.6. The van der Waals surface area contributed by atoms with Crippen LogP contribution in [0, 0.1) is 0 Å². The van der Waals surface area contributed by atoms with Crippen LogP contribution < -0.4 is 15.4 Å². The summed E-state index contributed by atoms with van der Waals surface area (Å²) in [6.45, 7) is 2.67. The minimum Gasteiger partial charge on any atom is -0.493 e. The van der Waals surface area contributed by atoms with Crippen molar-refractivity contribution in [3.05, 3.63) is 69.3 Å². The summed E-state index contributed by atoms with van der Waals surface area (Å²) >= 11 is 3.35. The standard InChI is InChI=1S/C21H19BrN2O5/c1-2-7-29-18-6-3-12(8-16(18)21(27)28)10-23-11-17-15-9-13(22)4-5-14(15)19(25)24-20(17)26/h3-6,8-9,11,23H,2,7,10H2,1H3,(H,27,28)(H,24,25,26). The number of carboxylic acid groups (broad SMARTS) is 1. The van der Waals surface area contributed by atoms with Gasteiger partial charge in [-0.1, -0.05) is 28.9 Å². The molecule has 3 rings (SSSR count). The molecule has 0 atom stereocenters. The summed E-state index contributed by atoms with van der Waals surface area (Å²) in [5.41, 5.74) is 2.05. The molecule has 0 bridgehead atoms. The predicted molar refractivity (Wildman–Crippen MR) is 111 cm³/mol. The number of rotatable bonds is 7. The average molecular weight is 459 g/mol. The van der Waals surface area contributed by atoms with Crippen LogP contribution in [0.2, 0.25) is 0 Å². The lowest BCUT2D eigenvalue weighted by molar-refractivity contribution is -0.114. The van der Waals surface area contributed by atoms with Crippen LogP contribution in [0.3, 0.4) is 0 Å². The highest BCUT2D eigenvalue weighted by molar-refractivity contribution is 9.10. The fourth-order valence-electron chi connectivity index (χ4n) is 2.90.